The first kappa shape index (κ1) is 16.8. The SMILES string of the molecule is C[C@H](CCO)NC(=O)C(=O)N1CC(C)(C)c2c(Cl)cccc21. The number of amides is 2. The number of aliphatic hydroxyl groups excluding tert-OH is 1. The van der Waals surface area contributed by atoms with Gasteiger partial charge < -0.3 is 15.3 Å². The average Bonchev–Trinajstić information content (AvgIpc) is 2.71. The molecule has 1 aliphatic heterocycles. The summed E-state index contributed by atoms with van der Waals surface area (Å²) < 4.78 is 0. The van der Waals surface area contributed by atoms with Gasteiger partial charge in [-0.1, -0.05) is 31.5 Å². The van der Waals surface area contributed by atoms with E-state index in [1.807, 2.05) is 13.8 Å². The van der Waals surface area contributed by atoms with E-state index in [0.29, 0.717) is 23.7 Å². The Morgan fingerprint density at radius 1 is 1.45 bits per heavy atom. The van der Waals surface area contributed by atoms with Crippen molar-refractivity contribution in [1.29, 1.82) is 0 Å². The molecule has 2 amide bonds. The van der Waals surface area contributed by atoms with Crippen LogP contribution in [0.2, 0.25) is 5.02 Å². The number of benzene rings is 1. The smallest absolute Gasteiger partial charge is 0.316 e. The van der Waals surface area contributed by atoms with Gasteiger partial charge >= 0.3 is 11.8 Å². The van der Waals surface area contributed by atoms with E-state index < -0.39 is 11.8 Å². The van der Waals surface area contributed by atoms with Crippen LogP contribution in [0.15, 0.2) is 18.2 Å². The molecular weight excluding hydrogens is 304 g/mol. The standard InChI is InChI=1S/C16H21ClN2O3/c1-10(7-8-20)18-14(21)15(22)19-9-16(2,3)13-11(17)5-4-6-12(13)19/h4-6,10,20H,7-9H2,1-3H3,(H,18,21)/t10-/m1/s1. The maximum Gasteiger partial charge on any atom is 0.316 e. The minimum atomic E-state index is -0.662. The van der Waals surface area contributed by atoms with Crippen molar-refractivity contribution in [2.24, 2.45) is 0 Å². The first-order valence-electron chi connectivity index (χ1n) is 7.30. The Kier molecular flexibility index (Phi) is 4.78. The number of fused-ring (bicyclic) bond motifs is 1. The van der Waals surface area contributed by atoms with Gasteiger partial charge in [-0.05, 0) is 25.5 Å². The fourth-order valence-electron chi connectivity index (χ4n) is 2.82. The van der Waals surface area contributed by atoms with E-state index in [2.05, 4.69) is 5.32 Å². The molecule has 22 heavy (non-hydrogen) atoms. The Hall–Kier alpha value is -1.59. The zero-order chi connectivity index (χ0) is 16.5. The predicted molar refractivity (Wildman–Crippen MR) is 86.1 cm³/mol. The molecule has 1 aliphatic rings. The van der Waals surface area contributed by atoms with E-state index in [9.17, 15) is 9.59 Å². The first-order valence-corrected chi connectivity index (χ1v) is 7.68. The van der Waals surface area contributed by atoms with Crippen LogP contribution >= 0.6 is 11.6 Å². The van der Waals surface area contributed by atoms with Crippen molar-refractivity contribution in [3.63, 3.8) is 0 Å². The predicted octanol–water partition coefficient (Wildman–Crippen LogP) is 1.85. The van der Waals surface area contributed by atoms with Gasteiger partial charge in [0.15, 0.2) is 0 Å². The Bertz CT molecular complexity index is 601. The molecule has 1 heterocycles. The van der Waals surface area contributed by atoms with E-state index in [4.69, 9.17) is 16.7 Å². The number of aliphatic hydroxyl groups is 1. The van der Waals surface area contributed by atoms with Gasteiger partial charge in [0.05, 0.1) is 0 Å². The third-order valence-corrected chi connectivity index (χ3v) is 4.21. The second-order valence-electron chi connectivity index (χ2n) is 6.30. The fourth-order valence-corrected chi connectivity index (χ4v) is 3.25. The van der Waals surface area contributed by atoms with Crippen molar-refractivity contribution in [1.82, 2.24) is 5.32 Å². The number of carbonyl (C=O) groups excluding carboxylic acids is 2. The van der Waals surface area contributed by atoms with Crippen LogP contribution in [0.25, 0.3) is 0 Å². The molecule has 120 valence electrons. The van der Waals surface area contributed by atoms with Crippen LogP contribution in [0, 0.1) is 0 Å². The van der Waals surface area contributed by atoms with Crippen molar-refractivity contribution < 1.29 is 14.7 Å². The zero-order valence-corrected chi connectivity index (χ0v) is 13.8. The van der Waals surface area contributed by atoms with E-state index >= 15 is 0 Å². The quantitative estimate of drug-likeness (QED) is 0.834. The van der Waals surface area contributed by atoms with Crippen molar-refractivity contribution in [2.75, 3.05) is 18.1 Å². The molecule has 2 N–H and O–H groups in total. The van der Waals surface area contributed by atoms with Crippen molar-refractivity contribution in [2.45, 2.75) is 38.6 Å². The molecular formula is C16H21ClN2O3. The average molecular weight is 325 g/mol. The van der Waals surface area contributed by atoms with Gasteiger partial charge in [-0.3, -0.25) is 9.59 Å². The zero-order valence-electron chi connectivity index (χ0n) is 13.0. The van der Waals surface area contributed by atoms with Crippen molar-refractivity contribution >= 4 is 29.1 Å². The number of halogens is 1. The molecule has 0 bridgehead atoms. The van der Waals surface area contributed by atoms with Crippen LogP contribution in [0.4, 0.5) is 5.69 Å². The highest BCUT2D eigenvalue weighted by Gasteiger charge is 2.41. The van der Waals surface area contributed by atoms with Crippen LogP contribution in [-0.2, 0) is 15.0 Å². The maximum absolute atomic E-state index is 12.5. The Balaban J connectivity index is 2.23. The molecule has 6 heteroatoms. The highest BCUT2D eigenvalue weighted by molar-refractivity contribution is 6.41. The molecule has 0 saturated carbocycles. The summed E-state index contributed by atoms with van der Waals surface area (Å²) >= 11 is 6.26. The van der Waals surface area contributed by atoms with Crippen LogP contribution in [0.3, 0.4) is 0 Å². The summed E-state index contributed by atoms with van der Waals surface area (Å²) in [4.78, 5) is 26.0. The number of carbonyl (C=O) groups is 2. The van der Waals surface area contributed by atoms with Crippen molar-refractivity contribution in [3.8, 4) is 0 Å². The van der Waals surface area contributed by atoms with Crippen LogP contribution in [0.1, 0.15) is 32.8 Å². The highest BCUT2D eigenvalue weighted by Crippen LogP contribution is 2.44. The molecule has 1 aromatic rings. The van der Waals surface area contributed by atoms with Gasteiger partial charge in [0, 0.05) is 40.9 Å². The molecule has 1 aromatic carbocycles. The number of hydrogen-bond donors (Lipinski definition) is 2. The molecule has 2 rings (SSSR count). The number of hydrogen-bond acceptors (Lipinski definition) is 3. The molecule has 0 radical (unpaired) electrons. The lowest BCUT2D eigenvalue weighted by Crippen LogP contribution is -2.46. The summed E-state index contributed by atoms with van der Waals surface area (Å²) in [5, 5.41) is 12.1. The molecule has 0 unspecified atom stereocenters. The van der Waals surface area contributed by atoms with E-state index in [-0.39, 0.29) is 18.1 Å². The van der Waals surface area contributed by atoms with Gasteiger partial charge in [0.25, 0.3) is 0 Å². The third kappa shape index (κ3) is 3.10. The van der Waals surface area contributed by atoms with Crippen LogP contribution in [-0.4, -0.2) is 36.1 Å². The van der Waals surface area contributed by atoms with Gasteiger partial charge in [-0.25, -0.2) is 0 Å². The molecule has 0 aliphatic carbocycles. The number of nitrogens with zero attached hydrogens (tertiary/aromatic N) is 1. The number of anilines is 1. The topological polar surface area (TPSA) is 69.6 Å². The molecule has 0 aromatic heterocycles. The lowest BCUT2D eigenvalue weighted by molar-refractivity contribution is -0.138. The summed E-state index contributed by atoms with van der Waals surface area (Å²) in [5.74, 6) is -1.26. The van der Waals surface area contributed by atoms with Gasteiger partial charge in [0.1, 0.15) is 0 Å². The summed E-state index contributed by atoms with van der Waals surface area (Å²) in [7, 11) is 0. The summed E-state index contributed by atoms with van der Waals surface area (Å²) in [6.45, 7) is 6.12. The minimum Gasteiger partial charge on any atom is -0.396 e. The van der Waals surface area contributed by atoms with Crippen LogP contribution in [0.5, 0.6) is 0 Å². The van der Waals surface area contributed by atoms with Gasteiger partial charge in [-0.15, -0.1) is 0 Å². The highest BCUT2D eigenvalue weighted by atomic mass is 35.5. The first-order chi connectivity index (χ1) is 10.3. The fraction of sp³-hybridized carbons (Fsp3) is 0.500. The monoisotopic (exact) mass is 324 g/mol. The van der Waals surface area contributed by atoms with Crippen LogP contribution < -0.4 is 10.2 Å². The molecule has 1 atom stereocenters. The normalized spacial score (nSPS) is 17.0. The Morgan fingerprint density at radius 3 is 2.77 bits per heavy atom. The molecule has 0 fully saturated rings. The van der Waals surface area contributed by atoms with Gasteiger partial charge in [0.2, 0.25) is 0 Å². The molecule has 5 nitrogen and oxygen atoms in total. The largest absolute Gasteiger partial charge is 0.396 e. The Morgan fingerprint density at radius 2 is 2.14 bits per heavy atom. The van der Waals surface area contributed by atoms with Gasteiger partial charge in [-0.2, -0.15) is 0 Å². The molecule has 0 spiro atoms. The number of nitrogens with one attached hydrogen (secondary N) is 1. The number of rotatable bonds is 3. The molecule has 0 saturated heterocycles. The summed E-state index contributed by atoms with van der Waals surface area (Å²) in [6, 6.07) is 5.11. The van der Waals surface area contributed by atoms with Crippen molar-refractivity contribution in [3.05, 3.63) is 28.8 Å². The van der Waals surface area contributed by atoms with E-state index in [1.165, 1.54) is 4.90 Å². The van der Waals surface area contributed by atoms with E-state index in [0.717, 1.165) is 5.56 Å². The maximum atomic E-state index is 12.5. The lowest BCUT2D eigenvalue weighted by Gasteiger charge is -2.21. The second kappa shape index (κ2) is 6.26. The minimum absolute atomic E-state index is 0.0369. The second-order valence-corrected chi connectivity index (χ2v) is 6.70. The third-order valence-electron chi connectivity index (χ3n) is 3.89. The summed E-state index contributed by atoms with van der Waals surface area (Å²) in [6.07, 6.45) is 0.410. The Labute approximate surface area is 135 Å². The summed E-state index contributed by atoms with van der Waals surface area (Å²) in [5.41, 5.74) is 1.27. The van der Waals surface area contributed by atoms with E-state index in [1.54, 1.807) is 25.1 Å². The lowest BCUT2D eigenvalue weighted by atomic mass is 9.87.